The fraction of sp³-hybridized carbons (Fsp3) is 0.143. The van der Waals surface area contributed by atoms with E-state index in [2.05, 4.69) is 26.4 Å². The van der Waals surface area contributed by atoms with Crippen LogP contribution >= 0.6 is 0 Å². The Labute approximate surface area is 183 Å². The summed E-state index contributed by atoms with van der Waals surface area (Å²) in [5, 5.41) is 5.16. The Morgan fingerprint density at radius 3 is 2.62 bits per heavy atom. The van der Waals surface area contributed by atoms with Crippen LogP contribution < -0.4 is 17.2 Å². The van der Waals surface area contributed by atoms with E-state index in [0.29, 0.717) is 22.3 Å². The molecular formula is C21H23FN8O2. The summed E-state index contributed by atoms with van der Waals surface area (Å²) in [7, 11) is 2.59. The summed E-state index contributed by atoms with van der Waals surface area (Å²) in [6.07, 6.45) is 0.869. The number of carbonyl (C=O) groups excluding carboxylic acids is 1. The largest absolute Gasteiger partial charge is 0.452 e. The highest BCUT2D eigenvalue weighted by Crippen LogP contribution is 2.24. The molecule has 10 nitrogen and oxygen atoms in total. The standard InChI is InChI=1S/C21H23FN8O2/c1-12(27-19(25)17(18(23)24)29(2)21(31)32-3)16-14-8-6-10-26-20(14)30(28-16)11-13-7-4-5-9-15(13)22/h4-10H,1,11,23-24H2,2-3H3,(H2,25,27). The van der Waals surface area contributed by atoms with E-state index in [-0.39, 0.29) is 35.4 Å². The van der Waals surface area contributed by atoms with Crippen LogP contribution in [0, 0.1) is 5.82 Å². The molecule has 11 heteroatoms. The number of methoxy groups -OCH3 is 1. The second-order valence-corrected chi connectivity index (χ2v) is 6.75. The molecule has 166 valence electrons. The van der Waals surface area contributed by atoms with E-state index < -0.39 is 6.09 Å². The van der Waals surface area contributed by atoms with Crippen molar-refractivity contribution in [3.63, 3.8) is 0 Å². The molecule has 0 fully saturated rings. The Balaban J connectivity index is 2.02. The summed E-state index contributed by atoms with van der Waals surface area (Å²) in [6, 6.07) is 9.92. The fourth-order valence-corrected chi connectivity index (χ4v) is 3.11. The van der Waals surface area contributed by atoms with Crippen LogP contribution in [-0.2, 0) is 11.3 Å². The number of ether oxygens (including phenoxy) is 1. The van der Waals surface area contributed by atoms with Gasteiger partial charge in [-0.15, -0.1) is 0 Å². The van der Waals surface area contributed by atoms with Gasteiger partial charge in [0.05, 0.1) is 19.4 Å². The Morgan fingerprint density at radius 2 is 1.97 bits per heavy atom. The van der Waals surface area contributed by atoms with Crippen LogP contribution in [0.15, 0.2) is 65.7 Å². The predicted octanol–water partition coefficient (Wildman–Crippen LogP) is 1.73. The number of amides is 1. The molecule has 0 unspecified atom stereocenters. The Kier molecular flexibility index (Phi) is 6.38. The van der Waals surface area contributed by atoms with Crippen molar-refractivity contribution in [3.8, 4) is 0 Å². The molecule has 0 spiro atoms. The maximum atomic E-state index is 14.2. The Morgan fingerprint density at radius 1 is 1.25 bits per heavy atom. The lowest BCUT2D eigenvalue weighted by atomic mass is 10.2. The van der Waals surface area contributed by atoms with E-state index in [1.807, 2.05) is 0 Å². The monoisotopic (exact) mass is 438 g/mol. The van der Waals surface area contributed by atoms with Gasteiger partial charge in [0.2, 0.25) is 0 Å². The quantitative estimate of drug-likeness (QED) is 0.392. The van der Waals surface area contributed by atoms with Gasteiger partial charge in [0.15, 0.2) is 11.5 Å². The lowest BCUT2D eigenvalue weighted by Crippen LogP contribution is -2.37. The van der Waals surface area contributed by atoms with Crippen molar-refractivity contribution < 1.29 is 13.9 Å². The molecule has 1 aromatic carbocycles. The van der Waals surface area contributed by atoms with E-state index in [1.54, 1.807) is 41.2 Å². The average molecular weight is 438 g/mol. The minimum atomic E-state index is -0.735. The third kappa shape index (κ3) is 4.36. The normalized spacial score (nSPS) is 11.3. The van der Waals surface area contributed by atoms with Gasteiger partial charge in [0.1, 0.15) is 23.0 Å². The van der Waals surface area contributed by atoms with E-state index >= 15 is 0 Å². The third-order valence-corrected chi connectivity index (χ3v) is 4.61. The van der Waals surface area contributed by atoms with Crippen molar-refractivity contribution in [1.29, 1.82) is 0 Å². The van der Waals surface area contributed by atoms with E-state index in [1.165, 1.54) is 20.2 Å². The highest BCUT2D eigenvalue weighted by atomic mass is 19.1. The molecule has 32 heavy (non-hydrogen) atoms. The maximum absolute atomic E-state index is 14.2. The Hall–Kier alpha value is -4.41. The number of pyridine rings is 1. The zero-order chi connectivity index (χ0) is 23.4. The summed E-state index contributed by atoms with van der Waals surface area (Å²) in [6.45, 7) is 4.09. The SMILES string of the molecule is C=C(N=C(N)C(=C(N)N)N(C)C(=O)OC)c1nn(Cc2ccccc2F)c2ncccc12. The molecule has 0 atom stereocenters. The molecule has 0 bridgehead atoms. The van der Waals surface area contributed by atoms with Crippen LogP contribution in [0.5, 0.6) is 0 Å². The number of carbonyl (C=O) groups is 1. The van der Waals surface area contributed by atoms with Gasteiger partial charge in [-0.3, -0.25) is 4.90 Å². The van der Waals surface area contributed by atoms with Crippen molar-refractivity contribution in [3.05, 3.63) is 77.8 Å². The zero-order valence-electron chi connectivity index (χ0n) is 17.6. The van der Waals surface area contributed by atoms with Crippen molar-refractivity contribution >= 4 is 28.7 Å². The molecule has 2 aromatic heterocycles. The molecule has 0 aliphatic carbocycles. The van der Waals surface area contributed by atoms with Gasteiger partial charge in [0.25, 0.3) is 0 Å². The minimum absolute atomic E-state index is 0.0359. The van der Waals surface area contributed by atoms with Crippen LogP contribution in [0.3, 0.4) is 0 Å². The molecule has 2 heterocycles. The zero-order valence-corrected chi connectivity index (χ0v) is 17.6. The van der Waals surface area contributed by atoms with Gasteiger partial charge < -0.3 is 21.9 Å². The highest BCUT2D eigenvalue weighted by molar-refractivity contribution is 6.03. The molecular weight excluding hydrogens is 415 g/mol. The molecule has 0 saturated heterocycles. The van der Waals surface area contributed by atoms with Gasteiger partial charge in [-0.2, -0.15) is 5.10 Å². The molecule has 6 N–H and O–H groups in total. The summed E-state index contributed by atoms with van der Waals surface area (Å²) >= 11 is 0. The average Bonchev–Trinajstić information content (AvgIpc) is 3.13. The van der Waals surface area contributed by atoms with Gasteiger partial charge in [-0.1, -0.05) is 24.8 Å². The third-order valence-electron chi connectivity index (χ3n) is 4.61. The second kappa shape index (κ2) is 9.16. The molecule has 3 rings (SSSR count). The smallest absolute Gasteiger partial charge is 0.413 e. The van der Waals surface area contributed by atoms with Crippen molar-refractivity contribution in [2.24, 2.45) is 22.2 Å². The number of rotatable bonds is 6. The number of aliphatic imine (C=N–C) groups is 1. The predicted molar refractivity (Wildman–Crippen MR) is 119 cm³/mol. The summed E-state index contributed by atoms with van der Waals surface area (Å²) in [4.78, 5) is 21.5. The number of hydrogen-bond acceptors (Lipinski definition) is 7. The first-order valence-electron chi connectivity index (χ1n) is 9.40. The summed E-state index contributed by atoms with van der Waals surface area (Å²) < 4.78 is 20.4. The number of benzene rings is 1. The molecule has 3 aromatic rings. The number of aromatic nitrogens is 3. The second-order valence-electron chi connectivity index (χ2n) is 6.75. The van der Waals surface area contributed by atoms with Crippen molar-refractivity contribution in [1.82, 2.24) is 19.7 Å². The van der Waals surface area contributed by atoms with Gasteiger partial charge in [-0.05, 0) is 18.2 Å². The van der Waals surface area contributed by atoms with E-state index in [4.69, 9.17) is 17.2 Å². The van der Waals surface area contributed by atoms with Gasteiger partial charge >= 0.3 is 6.09 Å². The lowest BCUT2D eigenvalue weighted by molar-refractivity contribution is 0.145. The van der Waals surface area contributed by atoms with Gasteiger partial charge in [0, 0.05) is 24.2 Å². The molecule has 0 radical (unpaired) electrons. The van der Waals surface area contributed by atoms with Crippen LogP contribution in [0.4, 0.5) is 9.18 Å². The summed E-state index contributed by atoms with van der Waals surface area (Å²) in [5.74, 6) is -0.749. The number of likely N-dealkylation sites (N-methyl/N-ethyl adjacent to an activating group) is 1. The van der Waals surface area contributed by atoms with E-state index in [0.717, 1.165) is 4.90 Å². The molecule has 0 aliphatic heterocycles. The topological polar surface area (TPSA) is 151 Å². The Bertz CT molecular complexity index is 1240. The molecule has 0 aliphatic rings. The van der Waals surface area contributed by atoms with Crippen LogP contribution in [0.25, 0.3) is 16.7 Å². The number of halogens is 1. The first-order chi connectivity index (χ1) is 15.2. The molecule has 0 saturated carbocycles. The fourth-order valence-electron chi connectivity index (χ4n) is 3.11. The van der Waals surface area contributed by atoms with E-state index in [9.17, 15) is 9.18 Å². The maximum Gasteiger partial charge on any atom is 0.413 e. The lowest BCUT2D eigenvalue weighted by Gasteiger charge is -2.19. The first kappa shape index (κ1) is 22.3. The number of nitrogens with two attached hydrogens (primary N) is 3. The van der Waals surface area contributed by atoms with Crippen molar-refractivity contribution in [2.45, 2.75) is 6.54 Å². The minimum Gasteiger partial charge on any atom is -0.452 e. The van der Waals surface area contributed by atoms with Crippen LogP contribution in [0.2, 0.25) is 0 Å². The van der Waals surface area contributed by atoms with Gasteiger partial charge in [-0.25, -0.2) is 23.8 Å². The summed E-state index contributed by atoms with van der Waals surface area (Å²) in [5.41, 5.74) is 18.9. The van der Waals surface area contributed by atoms with Crippen LogP contribution in [-0.4, -0.2) is 45.8 Å². The first-order valence-corrected chi connectivity index (χ1v) is 9.40. The van der Waals surface area contributed by atoms with Crippen LogP contribution in [0.1, 0.15) is 11.3 Å². The number of nitrogens with zero attached hydrogens (tertiary/aromatic N) is 5. The highest BCUT2D eigenvalue weighted by Gasteiger charge is 2.21. The number of hydrogen-bond donors (Lipinski definition) is 3. The van der Waals surface area contributed by atoms with Crippen molar-refractivity contribution in [2.75, 3.05) is 14.2 Å². The number of amidine groups is 1. The molecule has 1 amide bonds. The number of fused-ring (bicyclic) bond motifs is 1.